The summed E-state index contributed by atoms with van der Waals surface area (Å²) in [5.41, 5.74) is 0. The molecule has 0 aliphatic heterocycles. The van der Waals surface area contributed by atoms with E-state index in [4.69, 9.17) is 28.0 Å². The molecule has 0 unspecified atom stereocenters. The molecule has 0 fully saturated rings. The van der Waals surface area contributed by atoms with Crippen molar-refractivity contribution in [2.75, 3.05) is 0 Å². The fourth-order valence-electron chi connectivity index (χ4n) is 0. The van der Waals surface area contributed by atoms with E-state index in [0.717, 1.165) is 0 Å². The molecule has 0 bridgehead atoms. The maximum absolute atomic E-state index is 8.48. The van der Waals surface area contributed by atoms with Crippen LogP contribution in [-0.2, 0) is 35.3 Å². The molecule has 0 aliphatic carbocycles. The van der Waals surface area contributed by atoms with E-state index in [1.807, 2.05) is 0 Å². The zero-order valence-electron chi connectivity index (χ0n) is 3.70. The second kappa shape index (κ2) is 11.1. The van der Waals surface area contributed by atoms with E-state index in [2.05, 4.69) is 0 Å². The van der Waals surface area contributed by atoms with Crippen molar-refractivity contribution in [2.45, 2.75) is 0 Å². The maximum Gasteiger partial charge on any atom is 2.00 e. The first-order chi connectivity index (χ1) is 3.46. The molecule has 54 valence electrons. The Morgan fingerprint density at radius 2 is 0.778 bits per heavy atom. The van der Waals surface area contributed by atoms with Crippen molar-refractivity contribution in [1.29, 1.82) is 0 Å². The number of hydrogen-bond acceptors (Lipinski definition) is 6. The zero-order chi connectivity index (χ0) is 7.15. The molecule has 0 atom stereocenters. The predicted octanol–water partition coefficient (Wildman–Crippen LogP) is -1.13. The minimum atomic E-state index is -3.37. The molecule has 9 heteroatoms. The fraction of sp³-hybridized carbons (Fsp3) is 0. The monoisotopic (exact) mass is 214 g/mol. The Balaban J connectivity index is -0.0000000720. The van der Waals surface area contributed by atoms with Gasteiger partial charge in [0.25, 0.3) is 0 Å². The molecular formula is FeO6P2. The largest absolute Gasteiger partial charge is 2.00 e. The maximum atomic E-state index is 8.48. The van der Waals surface area contributed by atoms with Crippen LogP contribution in [0.4, 0.5) is 0 Å². The molecule has 0 aromatic rings. The van der Waals surface area contributed by atoms with Crippen LogP contribution in [0.25, 0.3) is 0 Å². The molecular weight excluding hydrogens is 214 g/mol. The molecule has 0 saturated carbocycles. The Bertz CT molecular complexity index is 128. The van der Waals surface area contributed by atoms with Gasteiger partial charge in [-0.3, -0.25) is 18.3 Å². The van der Waals surface area contributed by atoms with Crippen molar-refractivity contribution < 1.29 is 45.1 Å². The first-order valence-electron chi connectivity index (χ1n) is 1.10. The van der Waals surface area contributed by atoms with Crippen molar-refractivity contribution in [3.05, 3.63) is 0 Å². The standard InChI is InChI=1S/Fe.2HO3P/c;2*1-4(2)3/h;2*(H,1,2,3)/q+2;;/p-2. The van der Waals surface area contributed by atoms with E-state index in [9.17, 15) is 0 Å². The van der Waals surface area contributed by atoms with E-state index in [-0.39, 0.29) is 17.1 Å². The van der Waals surface area contributed by atoms with Gasteiger partial charge in [0, 0.05) is 0 Å². The van der Waals surface area contributed by atoms with E-state index >= 15 is 0 Å². The van der Waals surface area contributed by atoms with Crippen LogP contribution in [0.1, 0.15) is 0 Å². The minimum absolute atomic E-state index is 0. The molecule has 0 rings (SSSR count). The molecule has 0 aromatic carbocycles. The van der Waals surface area contributed by atoms with Crippen LogP contribution >= 0.6 is 15.8 Å². The van der Waals surface area contributed by atoms with Gasteiger partial charge in [-0.1, -0.05) is 0 Å². The first-order valence-corrected chi connectivity index (χ1v) is 3.29. The summed E-state index contributed by atoms with van der Waals surface area (Å²) in [6, 6.07) is 0. The van der Waals surface area contributed by atoms with Crippen LogP contribution in [0.2, 0.25) is 0 Å². The summed E-state index contributed by atoms with van der Waals surface area (Å²) in [6.45, 7) is 0. The van der Waals surface area contributed by atoms with Gasteiger partial charge in [-0.2, -0.15) is 0 Å². The third-order valence-corrected chi connectivity index (χ3v) is 0. The van der Waals surface area contributed by atoms with Gasteiger partial charge in [0.2, 0.25) is 15.8 Å². The summed E-state index contributed by atoms with van der Waals surface area (Å²) in [5.74, 6) is 0. The molecule has 9 heavy (non-hydrogen) atoms. The van der Waals surface area contributed by atoms with Crippen LogP contribution < -0.4 is 9.79 Å². The summed E-state index contributed by atoms with van der Waals surface area (Å²) < 4.78 is 33.9. The van der Waals surface area contributed by atoms with Gasteiger partial charge in [-0.05, 0) is 0 Å². The molecule has 0 spiro atoms. The van der Waals surface area contributed by atoms with Crippen LogP contribution in [0.15, 0.2) is 0 Å². The SMILES string of the molecule is O=P(=O)[O-].O=P(=O)[O-].[Fe+2]. The molecule has 0 heterocycles. The Hall–Kier alpha value is 0.239. The van der Waals surface area contributed by atoms with Gasteiger partial charge in [0.1, 0.15) is 0 Å². The van der Waals surface area contributed by atoms with Gasteiger partial charge in [0.15, 0.2) is 0 Å². The molecule has 0 saturated heterocycles. The normalized spacial score (nSPS) is 5.56. The Kier molecular flexibility index (Phi) is 19.9. The Morgan fingerprint density at radius 3 is 0.778 bits per heavy atom. The minimum Gasteiger partial charge on any atom is -0.744 e. The summed E-state index contributed by atoms with van der Waals surface area (Å²) in [4.78, 5) is 17.0. The van der Waals surface area contributed by atoms with E-state index in [1.54, 1.807) is 0 Å². The first kappa shape index (κ1) is 16.1. The van der Waals surface area contributed by atoms with Crippen LogP contribution in [0.3, 0.4) is 0 Å². The predicted molar refractivity (Wildman–Crippen MR) is 16.6 cm³/mol. The zero-order valence-corrected chi connectivity index (χ0v) is 6.59. The number of rotatable bonds is 0. The third-order valence-electron chi connectivity index (χ3n) is 0. The molecule has 0 N–H and O–H groups in total. The van der Waals surface area contributed by atoms with Gasteiger partial charge in [-0.25, -0.2) is 0 Å². The van der Waals surface area contributed by atoms with Crippen molar-refractivity contribution in [2.24, 2.45) is 0 Å². The topological polar surface area (TPSA) is 114 Å². The van der Waals surface area contributed by atoms with E-state index in [1.165, 1.54) is 0 Å². The Morgan fingerprint density at radius 1 is 0.778 bits per heavy atom. The van der Waals surface area contributed by atoms with Crippen molar-refractivity contribution in [3.63, 3.8) is 0 Å². The van der Waals surface area contributed by atoms with Crippen LogP contribution in [0.5, 0.6) is 0 Å². The molecule has 0 amide bonds. The molecule has 0 radical (unpaired) electrons. The van der Waals surface area contributed by atoms with E-state index < -0.39 is 15.8 Å². The molecule has 0 aromatic heterocycles. The summed E-state index contributed by atoms with van der Waals surface area (Å²) in [7, 11) is -6.74. The fourth-order valence-corrected chi connectivity index (χ4v) is 0. The van der Waals surface area contributed by atoms with Crippen molar-refractivity contribution >= 4 is 15.8 Å². The van der Waals surface area contributed by atoms with Gasteiger partial charge >= 0.3 is 17.1 Å². The summed E-state index contributed by atoms with van der Waals surface area (Å²) in [5, 5.41) is 0. The van der Waals surface area contributed by atoms with Gasteiger partial charge in [0.05, 0.1) is 0 Å². The average Bonchev–Trinajstić information content (AvgIpc) is 1.25. The molecule has 0 aliphatic rings. The van der Waals surface area contributed by atoms with Crippen molar-refractivity contribution in [3.8, 4) is 0 Å². The van der Waals surface area contributed by atoms with Gasteiger partial charge < -0.3 is 9.79 Å². The smallest absolute Gasteiger partial charge is 0.744 e. The van der Waals surface area contributed by atoms with Crippen LogP contribution in [0, 0.1) is 0 Å². The van der Waals surface area contributed by atoms with Gasteiger partial charge in [-0.15, -0.1) is 0 Å². The van der Waals surface area contributed by atoms with Crippen LogP contribution in [-0.4, -0.2) is 0 Å². The second-order valence-electron chi connectivity index (χ2n) is 0.447. The molecule has 6 nitrogen and oxygen atoms in total. The number of hydrogen-bond donors (Lipinski definition) is 0. The second-order valence-corrected chi connectivity index (χ2v) is 1.34. The van der Waals surface area contributed by atoms with Crippen molar-refractivity contribution in [1.82, 2.24) is 0 Å². The summed E-state index contributed by atoms with van der Waals surface area (Å²) in [6.07, 6.45) is 0. The Labute approximate surface area is 61.6 Å². The van der Waals surface area contributed by atoms with E-state index in [0.29, 0.717) is 0 Å². The average molecular weight is 214 g/mol. The quantitative estimate of drug-likeness (QED) is 0.372. The third kappa shape index (κ3) is 5590. The summed E-state index contributed by atoms with van der Waals surface area (Å²) >= 11 is 0.